The van der Waals surface area contributed by atoms with E-state index in [2.05, 4.69) is 17.2 Å². The maximum atomic E-state index is 10.9. The molecule has 4 N–H and O–H groups in total. The molecule has 1 aromatic heterocycles. The number of hydrogen-bond donors (Lipinski definition) is 3. The van der Waals surface area contributed by atoms with Crippen LogP contribution in [0.4, 0.5) is 5.82 Å². The maximum Gasteiger partial charge on any atom is 0.250 e. The normalized spacial score (nSPS) is 26.2. The molecule has 0 radical (unpaired) electrons. The molecule has 0 spiro atoms. The monoisotopic (exact) mass is 277 g/mol. The first-order valence-corrected chi connectivity index (χ1v) is 7.24. The van der Waals surface area contributed by atoms with Gasteiger partial charge in [0.1, 0.15) is 5.82 Å². The maximum absolute atomic E-state index is 10.9. The average Bonchev–Trinajstić information content (AvgIpc) is 2.46. The zero-order valence-corrected chi connectivity index (χ0v) is 11.9. The Morgan fingerprint density at radius 2 is 2.20 bits per heavy atom. The summed E-state index contributed by atoms with van der Waals surface area (Å²) in [7, 11) is 0. The van der Waals surface area contributed by atoms with Gasteiger partial charge in [-0.3, -0.25) is 4.79 Å². The molecule has 20 heavy (non-hydrogen) atoms. The van der Waals surface area contributed by atoms with Gasteiger partial charge in [0.05, 0.1) is 11.2 Å². The second-order valence-corrected chi connectivity index (χ2v) is 5.73. The van der Waals surface area contributed by atoms with Gasteiger partial charge < -0.3 is 16.2 Å². The summed E-state index contributed by atoms with van der Waals surface area (Å²) < 4.78 is 0. The molecule has 1 aliphatic rings. The molecular weight excluding hydrogens is 254 g/mol. The second-order valence-electron chi connectivity index (χ2n) is 5.73. The van der Waals surface area contributed by atoms with E-state index in [0.29, 0.717) is 17.9 Å². The first-order chi connectivity index (χ1) is 9.52. The highest BCUT2D eigenvalue weighted by atomic mass is 16.3. The average molecular weight is 277 g/mol. The van der Waals surface area contributed by atoms with Crippen LogP contribution in [0, 0.1) is 5.92 Å². The lowest BCUT2D eigenvalue weighted by Gasteiger charge is -2.36. The molecule has 0 aromatic carbocycles. The van der Waals surface area contributed by atoms with Gasteiger partial charge in [-0.05, 0) is 43.7 Å². The van der Waals surface area contributed by atoms with Gasteiger partial charge in [0.2, 0.25) is 5.91 Å². The Hall–Kier alpha value is -1.62. The van der Waals surface area contributed by atoms with E-state index in [-0.39, 0.29) is 0 Å². The molecule has 1 amide bonds. The Bertz CT molecular complexity index is 451. The predicted molar refractivity (Wildman–Crippen MR) is 78.4 cm³/mol. The fourth-order valence-electron chi connectivity index (χ4n) is 2.70. The van der Waals surface area contributed by atoms with Gasteiger partial charge in [-0.25, -0.2) is 4.98 Å². The van der Waals surface area contributed by atoms with Crippen LogP contribution in [-0.4, -0.2) is 28.1 Å². The fraction of sp³-hybridized carbons (Fsp3) is 0.600. The van der Waals surface area contributed by atoms with E-state index in [1.54, 1.807) is 12.1 Å². The summed E-state index contributed by atoms with van der Waals surface area (Å²) in [5.74, 6) is 0.921. The number of nitrogens with two attached hydrogens (primary N) is 1. The standard InChI is InChI=1S/C15H23N3O2/c1-2-11-5-7-15(20,8-6-11)10-18-13-4-3-12(9-17-13)14(16)19/h3-4,9,11,20H,2,5-8,10H2,1H3,(H2,16,19)(H,17,18). The molecule has 0 aliphatic heterocycles. The van der Waals surface area contributed by atoms with Crippen molar-refractivity contribution >= 4 is 11.7 Å². The number of nitrogens with one attached hydrogen (secondary N) is 1. The third kappa shape index (κ3) is 3.70. The first kappa shape index (κ1) is 14.8. The van der Waals surface area contributed by atoms with E-state index in [1.165, 1.54) is 12.6 Å². The molecule has 0 saturated heterocycles. The highest BCUT2D eigenvalue weighted by Gasteiger charge is 2.32. The molecule has 0 atom stereocenters. The molecule has 1 aromatic rings. The molecule has 1 aliphatic carbocycles. The largest absolute Gasteiger partial charge is 0.388 e. The number of rotatable bonds is 5. The Balaban J connectivity index is 1.87. The van der Waals surface area contributed by atoms with Crippen molar-refractivity contribution in [2.75, 3.05) is 11.9 Å². The molecule has 0 bridgehead atoms. The molecule has 1 saturated carbocycles. The van der Waals surface area contributed by atoms with Gasteiger partial charge in [0, 0.05) is 12.7 Å². The molecule has 5 heteroatoms. The van der Waals surface area contributed by atoms with Crippen molar-refractivity contribution in [3.63, 3.8) is 0 Å². The van der Waals surface area contributed by atoms with Crippen molar-refractivity contribution in [1.82, 2.24) is 4.98 Å². The Morgan fingerprint density at radius 1 is 1.50 bits per heavy atom. The molecule has 5 nitrogen and oxygen atoms in total. The van der Waals surface area contributed by atoms with Crippen molar-refractivity contribution in [3.05, 3.63) is 23.9 Å². The van der Waals surface area contributed by atoms with Crippen LogP contribution in [0.5, 0.6) is 0 Å². The fourth-order valence-corrected chi connectivity index (χ4v) is 2.70. The van der Waals surface area contributed by atoms with E-state index in [1.807, 2.05) is 0 Å². The number of nitrogens with zero attached hydrogens (tertiary/aromatic N) is 1. The van der Waals surface area contributed by atoms with Crippen LogP contribution in [0.1, 0.15) is 49.4 Å². The smallest absolute Gasteiger partial charge is 0.250 e. The number of aromatic nitrogens is 1. The summed E-state index contributed by atoms with van der Waals surface area (Å²) >= 11 is 0. The van der Waals surface area contributed by atoms with Gasteiger partial charge in [-0.1, -0.05) is 13.3 Å². The minimum atomic E-state index is -0.643. The molecule has 1 fully saturated rings. The van der Waals surface area contributed by atoms with Crippen molar-refractivity contribution in [1.29, 1.82) is 0 Å². The number of anilines is 1. The van der Waals surface area contributed by atoms with Gasteiger partial charge >= 0.3 is 0 Å². The van der Waals surface area contributed by atoms with E-state index in [9.17, 15) is 9.90 Å². The summed E-state index contributed by atoms with van der Waals surface area (Å²) in [6, 6.07) is 3.34. The molecular formula is C15H23N3O2. The van der Waals surface area contributed by atoms with Crippen LogP contribution in [0.3, 0.4) is 0 Å². The lowest BCUT2D eigenvalue weighted by atomic mass is 9.78. The van der Waals surface area contributed by atoms with Crippen molar-refractivity contribution in [3.8, 4) is 0 Å². The highest BCUT2D eigenvalue weighted by molar-refractivity contribution is 5.92. The number of pyridine rings is 1. The van der Waals surface area contributed by atoms with Crippen LogP contribution < -0.4 is 11.1 Å². The number of carbonyl (C=O) groups excluding carboxylic acids is 1. The number of aliphatic hydroxyl groups is 1. The number of carbonyl (C=O) groups is 1. The minimum absolute atomic E-state index is 0.387. The quantitative estimate of drug-likeness (QED) is 0.767. The summed E-state index contributed by atoms with van der Waals surface area (Å²) in [5, 5.41) is 13.7. The Kier molecular flexibility index (Phi) is 4.60. The van der Waals surface area contributed by atoms with E-state index in [4.69, 9.17) is 5.73 Å². The summed E-state index contributed by atoms with van der Waals surface area (Å²) in [6.07, 6.45) is 6.48. The number of primary amides is 1. The topological polar surface area (TPSA) is 88.2 Å². The van der Waals surface area contributed by atoms with Gasteiger partial charge in [-0.15, -0.1) is 0 Å². The molecule has 1 heterocycles. The van der Waals surface area contributed by atoms with Crippen LogP contribution in [-0.2, 0) is 0 Å². The highest BCUT2D eigenvalue weighted by Crippen LogP contribution is 2.33. The molecule has 110 valence electrons. The Morgan fingerprint density at radius 3 is 2.70 bits per heavy atom. The van der Waals surface area contributed by atoms with Gasteiger partial charge in [0.15, 0.2) is 0 Å². The second kappa shape index (κ2) is 6.22. The Labute approximate surface area is 119 Å². The summed E-state index contributed by atoms with van der Waals surface area (Å²) in [5.41, 5.74) is 4.91. The van der Waals surface area contributed by atoms with Crippen LogP contribution >= 0.6 is 0 Å². The first-order valence-electron chi connectivity index (χ1n) is 7.24. The molecule has 0 unspecified atom stereocenters. The number of hydrogen-bond acceptors (Lipinski definition) is 4. The minimum Gasteiger partial charge on any atom is -0.388 e. The van der Waals surface area contributed by atoms with Crippen molar-refractivity contribution in [2.45, 2.75) is 44.6 Å². The van der Waals surface area contributed by atoms with Crippen LogP contribution in [0.25, 0.3) is 0 Å². The summed E-state index contributed by atoms with van der Waals surface area (Å²) in [6.45, 7) is 2.70. The van der Waals surface area contributed by atoms with Crippen molar-refractivity contribution < 1.29 is 9.90 Å². The zero-order chi connectivity index (χ0) is 14.6. The van der Waals surface area contributed by atoms with E-state index in [0.717, 1.165) is 31.6 Å². The van der Waals surface area contributed by atoms with Crippen LogP contribution in [0.15, 0.2) is 18.3 Å². The zero-order valence-electron chi connectivity index (χ0n) is 11.9. The van der Waals surface area contributed by atoms with Crippen molar-refractivity contribution in [2.24, 2.45) is 11.7 Å². The third-order valence-electron chi connectivity index (χ3n) is 4.26. The lowest BCUT2D eigenvalue weighted by molar-refractivity contribution is 0.00222. The third-order valence-corrected chi connectivity index (χ3v) is 4.26. The van der Waals surface area contributed by atoms with E-state index < -0.39 is 11.5 Å². The van der Waals surface area contributed by atoms with Gasteiger partial charge in [-0.2, -0.15) is 0 Å². The predicted octanol–water partition coefficient (Wildman–Crippen LogP) is 1.92. The van der Waals surface area contributed by atoms with Gasteiger partial charge in [0.25, 0.3) is 0 Å². The van der Waals surface area contributed by atoms with E-state index >= 15 is 0 Å². The summed E-state index contributed by atoms with van der Waals surface area (Å²) in [4.78, 5) is 15.1. The van der Waals surface area contributed by atoms with Crippen LogP contribution in [0.2, 0.25) is 0 Å². The lowest BCUT2D eigenvalue weighted by Crippen LogP contribution is -2.40. The number of amides is 1. The molecule has 2 rings (SSSR count). The SMILES string of the molecule is CCC1CCC(O)(CNc2ccc(C(N)=O)cn2)CC1.